The number of hydrogen-bond donors (Lipinski definition) is 1. The van der Waals surface area contributed by atoms with Crippen molar-refractivity contribution < 1.29 is 23.1 Å². The van der Waals surface area contributed by atoms with Crippen molar-refractivity contribution in [3.63, 3.8) is 0 Å². The number of carbonyl (C=O) groups excluding carboxylic acids is 2. The quantitative estimate of drug-likeness (QED) is 0.274. The van der Waals surface area contributed by atoms with Crippen LogP contribution in [-0.4, -0.2) is 38.3 Å². The monoisotopic (exact) mass is 446 g/mol. The van der Waals surface area contributed by atoms with Gasteiger partial charge in [-0.05, 0) is 53.7 Å². The van der Waals surface area contributed by atoms with Crippen LogP contribution in [0.3, 0.4) is 0 Å². The topological polar surface area (TPSA) is 125 Å². The number of tetrazole rings is 1. The van der Waals surface area contributed by atoms with Gasteiger partial charge in [-0.25, -0.2) is 14.6 Å². The predicted octanol–water partition coefficient (Wildman–Crippen LogP) is 2.56. The van der Waals surface area contributed by atoms with Gasteiger partial charge in [-0.2, -0.15) is 9.90 Å². The normalized spacial score (nSPS) is 12.7. The number of hydrogen-bond acceptors (Lipinski definition) is 8. The molecule has 11 heteroatoms. The third-order valence-corrected chi connectivity index (χ3v) is 4.82. The van der Waals surface area contributed by atoms with Crippen LogP contribution in [0.15, 0.2) is 64.1 Å². The Morgan fingerprint density at radius 2 is 1.97 bits per heavy atom. The van der Waals surface area contributed by atoms with E-state index in [4.69, 9.17) is 9.15 Å². The lowest BCUT2D eigenvalue weighted by Crippen LogP contribution is -2.24. The van der Waals surface area contributed by atoms with Crippen molar-refractivity contribution in [2.75, 3.05) is 0 Å². The first-order valence-corrected chi connectivity index (χ1v) is 9.81. The molecule has 0 radical (unpaired) electrons. The Morgan fingerprint density at radius 3 is 2.82 bits per heavy atom. The Labute approximate surface area is 185 Å². The van der Waals surface area contributed by atoms with Crippen LogP contribution in [-0.2, 0) is 22.7 Å². The van der Waals surface area contributed by atoms with E-state index in [1.54, 1.807) is 24.3 Å². The third kappa shape index (κ3) is 4.37. The number of amides is 1. The maximum absolute atomic E-state index is 13.0. The molecule has 2 aromatic carbocycles. The second-order valence-corrected chi connectivity index (χ2v) is 7.09. The van der Waals surface area contributed by atoms with Crippen molar-refractivity contribution in [3.8, 4) is 22.7 Å². The van der Waals surface area contributed by atoms with Gasteiger partial charge in [0.15, 0.2) is 0 Å². The number of furan rings is 1. The molecule has 0 atom stereocenters. The number of hydrazone groups is 1. The van der Waals surface area contributed by atoms with E-state index in [-0.39, 0.29) is 30.8 Å². The highest BCUT2D eigenvalue weighted by molar-refractivity contribution is 5.94. The molecule has 1 aliphatic heterocycles. The molecule has 3 heterocycles. The lowest BCUT2D eigenvalue weighted by atomic mass is 10.0. The van der Waals surface area contributed by atoms with Crippen LogP contribution in [0.4, 0.5) is 4.39 Å². The van der Waals surface area contributed by atoms with Crippen molar-refractivity contribution >= 4 is 18.1 Å². The zero-order valence-corrected chi connectivity index (χ0v) is 16.9. The summed E-state index contributed by atoms with van der Waals surface area (Å²) in [5.41, 5.74) is 5.10. The maximum Gasteiger partial charge on any atom is 0.338 e. The van der Waals surface area contributed by atoms with E-state index in [0.29, 0.717) is 22.6 Å². The van der Waals surface area contributed by atoms with Crippen molar-refractivity contribution in [1.29, 1.82) is 0 Å². The van der Waals surface area contributed by atoms with Gasteiger partial charge in [-0.1, -0.05) is 6.07 Å². The number of fused-ring (bicyclic) bond motifs is 1. The molecule has 10 nitrogen and oxygen atoms in total. The second-order valence-electron chi connectivity index (χ2n) is 7.09. The molecular formula is C22H15FN6O4. The number of aromatic nitrogens is 4. The fourth-order valence-electron chi connectivity index (χ4n) is 3.22. The summed E-state index contributed by atoms with van der Waals surface area (Å²) in [6.07, 6.45) is 1.36. The maximum atomic E-state index is 13.0. The molecule has 1 N–H and O–H groups in total. The molecule has 1 aliphatic rings. The van der Waals surface area contributed by atoms with E-state index in [1.165, 1.54) is 30.5 Å². The average Bonchev–Trinajstić information content (AvgIpc) is 3.55. The molecule has 0 fully saturated rings. The van der Waals surface area contributed by atoms with E-state index in [2.05, 4.69) is 25.9 Å². The minimum atomic E-state index is -0.468. The Balaban J connectivity index is 1.18. The number of nitrogens with one attached hydrogen (secondary N) is 1. The molecule has 5 rings (SSSR count). The summed E-state index contributed by atoms with van der Waals surface area (Å²) in [5.74, 6) is 0.125. The van der Waals surface area contributed by atoms with Crippen LogP contribution >= 0.6 is 0 Å². The third-order valence-electron chi connectivity index (χ3n) is 4.82. The van der Waals surface area contributed by atoms with Crippen molar-refractivity contribution in [2.24, 2.45) is 5.10 Å². The summed E-state index contributed by atoms with van der Waals surface area (Å²) in [5, 5.41) is 15.6. The Bertz CT molecular complexity index is 1380. The number of ether oxygens (including phenoxy) is 1. The van der Waals surface area contributed by atoms with Gasteiger partial charge in [0.05, 0.1) is 11.8 Å². The van der Waals surface area contributed by atoms with Crippen LogP contribution in [0.5, 0.6) is 0 Å². The van der Waals surface area contributed by atoms with E-state index < -0.39 is 5.91 Å². The van der Waals surface area contributed by atoms with Gasteiger partial charge < -0.3 is 9.15 Å². The zero-order valence-electron chi connectivity index (χ0n) is 16.9. The molecule has 1 amide bonds. The van der Waals surface area contributed by atoms with Crippen molar-refractivity contribution in [2.45, 2.75) is 13.2 Å². The van der Waals surface area contributed by atoms with E-state index in [1.807, 2.05) is 6.07 Å². The lowest BCUT2D eigenvalue weighted by Gasteiger charge is -1.99. The summed E-state index contributed by atoms with van der Waals surface area (Å²) >= 11 is 0. The molecule has 0 aliphatic carbocycles. The Kier molecular flexibility index (Phi) is 5.19. The number of benzene rings is 2. The fraction of sp³-hybridized carbons (Fsp3) is 0.0909. The van der Waals surface area contributed by atoms with E-state index in [9.17, 15) is 14.0 Å². The number of halogens is 1. The summed E-state index contributed by atoms with van der Waals surface area (Å²) in [7, 11) is 0. The van der Waals surface area contributed by atoms with Gasteiger partial charge >= 0.3 is 5.97 Å². The molecule has 164 valence electrons. The smallest absolute Gasteiger partial charge is 0.338 e. The van der Waals surface area contributed by atoms with Crippen LogP contribution in [0, 0.1) is 5.82 Å². The van der Waals surface area contributed by atoms with E-state index in [0.717, 1.165) is 15.9 Å². The van der Waals surface area contributed by atoms with Crippen LogP contribution < -0.4 is 5.43 Å². The standard InChI is InChI=1S/C22H15FN6O4/c23-16-4-1-13(2-5-16)21-26-28-29(27-21)11-20(30)25-24-10-17-6-8-19(33-17)14-3-7-18-15(9-14)12-32-22(18)31/h1-10H,11-12H2,(H,25,30)/b24-10+. The number of rotatable bonds is 6. The number of nitrogens with zero attached hydrogens (tertiary/aromatic N) is 5. The second kappa shape index (κ2) is 8.46. The minimum absolute atomic E-state index is 0.204. The molecule has 0 bridgehead atoms. The first-order chi connectivity index (χ1) is 16.0. The molecule has 0 unspecified atom stereocenters. The number of esters is 1. The van der Waals surface area contributed by atoms with Gasteiger partial charge in [0.25, 0.3) is 5.91 Å². The SMILES string of the molecule is O=C(Cn1nnc(-c2ccc(F)cc2)n1)N/N=C/c1ccc(-c2ccc3c(c2)COC3=O)o1. The first-order valence-electron chi connectivity index (χ1n) is 9.81. The fourth-order valence-corrected chi connectivity index (χ4v) is 3.22. The summed E-state index contributed by atoms with van der Waals surface area (Å²) in [6.45, 7) is 0.0416. The van der Waals surface area contributed by atoms with Gasteiger partial charge in [-0.3, -0.25) is 4.79 Å². The van der Waals surface area contributed by atoms with Crippen LogP contribution in [0.1, 0.15) is 21.7 Å². The molecule has 2 aromatic heterocycles. The van der Waals surface area contributed by atoms with Gasteiger partial charge in [0.1, 0.15) is 30.5 Å². The Morgan fingerprint density at radius 1 is 1.15 bits per heavy atom. The van der Waals surface area contributed by atoms with E-state index >= 15 is 0 Å². The summed E-state index contributed by atoms with van der Waals surface area (Å²) in [6, 6.07) is 14.4. The highest BCUT2D eigenvalue weighted by Crippen LogP contribution is 2.28. The highest BCUT2D eigenvalue weighted by atomic mass is 19.1. The molecule has 0 saturated heterocycles. The molecular weight excluding hydrogens is 431 g/mol. The van der Waals surface area contributed by atoms with Crippen LogP contribution in [0.25, 0.3) is 22.7 Å². The van der Waals surface area contributed by atoms with Gasteiger partial charge in [-0.15, -0.1) is 10.2 Å². The van der Waals surface area contributed by atoms with Gasteiger partial charge in [0, 0.05) is 16.7 Å². The summed E-state index contributed by atoms with van der Waals surface area (Å²) in [4.78, 5) is 24.8. The average molecular weight is 446 g/mol. The minimum Gasteiger partial charge on any atom is -0.457 e. The highest BCUT2D eigenvalue weighted by Gasteiger charge is 2.21. The molecule has 4 aromatic rings. The predicted molar refractivity (Wildman–Crippen MR) is 112 cm³/mol. The molecule has 0 saturated carbocycles. The molecule has 33 heavy (non-hydrogen) atoms. The van der Waals surface area contributed by atoms with Gasteiger partial charge in [0.2, 0.25) is 5.82 Å². The van der Waals surface area contributed by atoms with Crippen LogP contribution in [0.2, 0.25) is 0 Å². The number of carbonyl (C=O) groups is 2. The van der Waals surface area contributed by atoms with Crippen molar-refractivity contribution in [3.05, 3.63) is 77.3 Å². The summed E-state index contributed by atoms with van der Waals surface area (Å²) < 4.78 is 23.7. The lowest BCUT2D eigenvalue weighted by molar-refractivity contribution is -0.122. The number of cyclic esters (lactones) is 1. The zero-order chi connectivity index (χ0) is 22.8. The Hall–Kier alpha value is -4.67. The van der Waals surface area contributed by atoms with Crippen molar-refractivity contribution in [1.82, 2.24) is 25.6 Å². The first kappa shape index (κ1) is 20.2. The molecule has 0 spiro atoms. The largest absolute Gasteiger partial charge is 0.457 e.